The van der Waals surface area contributed by atoms with Gasteiger partial charge < -0.3 is 10.0 Å². The van der Waals surface area contributed by atoms with Crippen LogP contribution in [-0.4, -0.2) is 78.1 Å². The molecule has 0 saturated carbocycles. The normalized spacial score (nSPS) is 17.6. The molecule has 0 unspecified atom stereocenters. The molecule has 0 radical (unpaired) electrons. The van der Waals surface area contributed by atoms with Gasteiger partial charge in [0, 0.05) is 45.0 Å². The Balaban J connectivity index is 2.44. The Morgan fingerprint density at radius 2 is 1.90 bits per heavy atom. The predicted octanol–water partition coefficient (Wildman–Crippen LogP) is 0.535. The molecule has 1 saturated heterocycles. The average Bonchev–Trinajstić information content (AvgIpc) is 2.42. The van der Waals surface area contributed by atoms with Crippen molar-refractivity contribution in [3.63, 3.8) is 0 Å². The molecule has 5 heteroatoms. The second kappa shape index (κ2) is 8.89. The monoisotopic (exact) mass is 281 g/mol. The molecule has 20 heavy (non-hydrogen) atoms. The van der Waals surface area contributed by atoms with Gasteiger partial charge in [-0.15, -0.1) is 0 Å². The van der Waals surface area contributed by atoms with E-state index in [1.54, 1.807) is 4.90 Å². The Kier molecular flexibility index (Phi) is 7.51. The van der Waals surface area contributed by atoms with Crippen molar-refractivity contribution in [3.8, 4) is 0 Å². The predicted molar refractivity (Wildman–Crippen MR) is 81.3 cm³/mol. The van der Waals surface area contributed by atoms with Gasteiger partial charge in [-0.05, 0) is 19.9 Å². The first-order valence-electron chi connectivity index (χ1n) is 7.29. The first kappa shape index (κ1) is 16.9. The number of rotatable bonds is 7. The van der Waals surface area contributed by atoms with Crippen LogP contribution in [0.15, 0.2) is 24.4 Å². The fraction of sp³-hybridized carbons (Fsp3) is 0.667. The topological polar surface area (TPSA) is 47.0 Å². The van der Waals surface area contributed by atoms with Crippen molar-refractivity contribution in [1.82, 2.24) is 14.7 Å². The summed E-state index contributed by atoms with van der Waals surface area (Å²) >= 11 is 0. The lowest BCUT2D eigenvalue weighted by atomic mass is 10.3. The zero-order valence-corrected chi connectivity index (χ0v) is 12.7. The molecule has 1 amide bonds. The minimum Gasteiger partial charge on any atom is -0.395 e. The van der Waals surface area contributed by atoms with Crippen molar-refractivity contribution in [2.75, 3.05) is 52.4 Å². The fourth-order valence-corrected chi connectivity index (χ4v) is 2.41. The Morgan fingerprint density at radius 3 is 2.40 bits per heavy atom. The number of aliphatic hydroxyl groups is 1. The first-order valence-corrected chi connectivity index (χ1v) is 7.29. The number of nitrogens with zero attached hydrogens (tertiary/aromatic N) is 3. The summed E-state index contributed by atoms with van der Waals surface area (Å²) in [4.78, 5) is 18.4. The zero-order valence-electron chi connectivity index (χ0n) is 12.7. The van der Waals surface area contributed by atoms with E-state index in [9.17, 15) is 4.79 Å². The maximum atomic E-state index is 12.3. The highest BCUT2D eigenvalue weighted by Gasteiger charge is 2.21. The Morgan fingerprint density at radius 1 is 1.30 bits per heavy atom. The van der Waals surface area contributed by atoms with E-state index < -0.39 is 0 Å². The highest BCUT2D eigenvalue weighted by Crippen LogP contribution is 2.07. The van der Waals surface area contributed by atoms with Gasteiger partial charge in [0.05, 0.1) is 13.2 Å². The third-order valence-electron chi connectivity index (χ3n) is 3.56. The van der Waals surface area contributed by atoms with Gasteiger partial charge in [0.25, 0.3) is 0 Å². The Labute approximate surface area is 122 Å². The van der Waals surface area contributed by atoms with Crippen LogP contribution >= 0.6 is 0 Å². The molecule has 0 aromatic heterocycles. The van der Waals surface area contributed by atoms with E-state index in [-0.39, 0.29) is 12.5 Å². The van der Waals surface area contributed by atoms with Gasteiger partial charge in [0.1, 0.15) is 0 Å². The number of β-amino-alcohol motifs (C(OH)–C–C–N with tert-alkyl or cyclic N) is 1. The van der Waals surface area contributed by atoms with Crippen LogP contribution in [0.4, 0.5) is 0 Å². The molecule has 1 heterocycles. The molecular formula is C15H27N3O2. The van der Waals surface area contributed by atoms with Gasteiger partial charge in [0.15, 0.2) is 0 Å². The summed E-state index contributed by atoms with van der Waals surface area (Å²) < 4.78 is 0. The van der Waals surface area contributed by atoms with Crippen LogP contribution in [0, 0.1) is 0 Å². The molecule has 0 spiro atoms. The van der Waals surface area contributed by atoms with Crippen LogP contribution in [-0.2, 0) is 4.79 Å². The number of aliphatic hydroxyl groups excluding tert-OH is 1. The van der Waals surface area contributed by atoms with E-state index in [0.717, 1.165) is 38.4 Å². The third-order valence-corrected chi connectivity index (χ3v) is 3.56. The maximum absolute atomic E-state index is 12.3. The van der Waals surface area contributed by atoms with Crippen LogP contribution in [0.3, 0.4) is 0 Å². The van der Waals surface area contributed by atoms with Crippen LogP contribution < -0.4 is 0 Å². The molecule has 1 aliphatic heterocycles. The molecule has 1 aliphatic rings. The molecule has 0 aromatic rings. The maximum Gasteiger partial charge on any atom is 0.241 e. The highest BCUT2D eigenvalue weighted by atomic mass is 16.3. The summed E-state index contributed by atoms with van der Waals surface area (Å²) in [7, 11) is 0. The molecule has 1 N–H and O–H groups in total. The lowest BCUT2D eigenvalue weighted by molar-refractivity contribution is -0.130. The summed E-state index contributed by atoms with van der Waals surface area (Å²) in [6.07, 6.45) is 3.76. The quantitative estimate of drug-likeness (QED) is 0.692. The lowest BCUT2D eigenvalue weighted by Gasteiger charge is -2.35. The first-order chi connectivity index (χ1) is 9.62. The van der Waals surface area contributed by atoms with Crippen LogP contribution in [0.2, 0.25) is 0 Å². The van der Waals surface area contributed by atoms with Crippen molar-refractivity contribution < 1.29 is 9.90 Å². The second-order valence-electron chi connectivity index (χ2n) is 4.97. The Bertz CT molecular complexity index is 347. The van der Waals surface area contributed by atoms with E-state index in [0.29, 0.717) is 13.1 Å². The highest BCUT2D eigenvalue weighted by molar-refractivity contribution is 5.80. The average molecular weight is 281 g/mol. The van der Waals surface area contributed by atoms with Gasteiger partial charge in [-0.1, -0.05) is 12.7 Å². The fourth-order valence-electron chi connectivity index (χ4n) is 2.41. The number of hydrogen-bond donors (Lipinski definition) is 1. The molecule has 0 aromatic carbocycles. The van der Waals surface area contributed by atoms with Crippen molar-refractivity contribution in [1.29, 1.82) is 0 Å². The summed E-state index contributed by atoms with van der Waals surface area (Å²) in [5.41, 5.74) is 0.749. The summed E-state index contributed by atoms with van der Waals surface area (Å²) in [5.74, 6) is 0.103. The van der Waals surface area contributed by atoms with E-state index in [2.05, 4.69) is 16.4 Å². The van der Waals surface area contributed by atoms with Crippen molar-refractivity contribution >= 4 is 5.91 Å². The minimum absolute atomic E-state index is 0.103. The Hall–Kier alpha value is -1.17. The molecule has 1 rings (SSSR count). The summed E-state index contributed by atoms with van der Waals surface area (Å²) in [5, 5.41) is 8.91. The number of hydrogen-bond acceptors (Lipinski definition) is 4. The number of carbonyl (C=O) groups is 1. The van der Waals surface area contributed by atoms with Crippen molar-refractivity contribution in [3.05, 3.63) is 24.4 Å². The van der Waals surface area contributed by atoms with Crippen LogP contribution in [0.25, 0.3) is 0 Å². The van der Waals surface area contributed by atoms with Crippen LogP contribution in [0.5, 0.6) is 0 Å². The SMILES string of the molecule is C=C(C=CC)N(CC)C(=O)CN1CCN(CCO)CC1. The zero-order chi connectivity index (χ0) is 15.0. The van der Waals surface area contributed by atoms with Gasteiger partial charge >= 0.3 is 0 Å². The number of piperazine rings is 1. The molecule has 5 nitrogen and oxygen atoms in total. The van der Waals surface area contributed by atoms with Crippen LogP contribution in [0.1, 0.15) is 13.8 Å². The minimum atomic E-state index is 0.103. The van der Waals surface area contributed by atoms with E-state index in [1.807, 2.05) is 26.0 Å². The molecule has 0 aliphatic carbocycles. The van der Waals surface area contributed by atoms with Crippen molar-refractivity contribution in [2.45, 2.75) is 13.8 Å². The number of likely N-dealkylation sites (N-methyl/N-ethyl adjacent to an activating group) is 1. The molecule has 0 atom stereocenters. The largest absolute Gasteiger partial charge is 0.395 e. The van der Waals surface area contributed by atoms with E-state index in [1.165, 1.54) is 0 Å². The van der Waals surface area contributed by atoms with Gasteiger partial charge in [0.2, 0.25) is 5.91 Å². The van der Waals surface area contributed by atoms with Crippen molar-refractivity contribution in [2.24, 2.45) is 0 Å². The smallest absolute Gasteiger partial charge is 0.241 e. The van der Waals surface area contributed by atoms with Gasteiger partial charge in [-0.2, -0.15) is 0 Å². The second-order valence-corrected chi connectivity index (χ2v) is 4.97. The molecule has 114 valence electrons. The lowest BCUT2D eigenvalue weighted by Crippen LogP contribution is -2.50. The molecule has 0 bridgehead atoms. The summed E-state index contributed by atoms with van der Waals surface area (Å²) in [6, 6.07) is 0. The van der Waals surface area contributed by atoms with E-state index >= 15 is 0 Å². The van der Waals surface area contributed by atoms with Gasteiger partial charge in [-0.25, -0.2) is 0 Å². The number of allylic oxidation sites excluding steroid dienone is 2. The standard InChI is InChI=1S/C15H27N3O2/c1-4-6-14(3)18(5-2)15(20)13-17-9-7-16(8-10-17)11-12-19/h4,6,19H,3,5,7-13H2,1-2H3. The summed E-state index contributed by atoms with van der Waals surface area (Å²) in [6.45, 7) is 13.4. The third kappa shape index (κ3) is 5.07. The number of carbonyl (C=O) groups excluding carboxylic acids is 1. The number of amides is 1. The van der Waals surface area contributed by atoms with Gasteiger partial charge in [-0.3, -0.25) is 14.6 Å². The molecule has 1 fully saturated rings. The molecular weight excluding hydrogens is 254 g/mol. The van der Waals surface area contributed by atoms with E-state index in [4.69, 9.17) is 5.11 Å².